The average Bonchev–Trinajstić information content (AvgIpc) is 2.69. The summed E-state index contributed by atoms with van der Waals surface area (Å²) < 4.78 is 56.7. The minimum atomic E-state index is -3.97. The van der Waals surface area contributed by atoms with E-state index in [1.807, 2.05) is 6.92 Å². The molecule has 3 rings (SSSR count). The lowest BCUT2D eigenvalue weighted by Gasteiger charge is -2.37. The molecule has 0 unspecified atom stereocenters. The summed E-state index contributed by atoms with van der Waals surface area (Å²) >= 11 is 5.88. The van der Waals surface area contributed by atoms with Gasteiger partial charge in [-0.3, -0.25) is 0 Å². The van der Waals surface area contributed by atoms with Crippen molar-refractivity contribution in [1.82, 2.24) is 4.31 Å². The van der Waals surface area contributed by atoms with Gasteiger partial charge in [0.1, 0.15) is 17.7 Å². The fourth-order valence-electron chi connectivity index (χ4n) is 3.81. The molecule has 0 saturated heterocycles. The first-order valence-corrected chi connectivity index (χ1v) is 11.2. The summed E-state index contributed by atoms with van der Waals surface area (Å²) in [5.41, 5.74) is -0.513. The highest BCUT2D eigenvalue weighted by atomic mass is 35.5. The van der Waals surface area contributed by atoms with Crippen molar-refractivity contribution in [2.24, 2.45) is 5.92 Å². The van der Waals surface area contributed by atoms with Crippen molar-refractivity contribution >= 4 is 21.6 Å². The van der Waals surface area contributed by atoms with Crippen molar-refractivity contribution in [3.63, 3.8) is 0 Å². The van der Waals surface area contributed by atoms with Gasteiger partial charge in [0.05, 0.1) is 10.5 Å². The van der Waals surface area contributed by atoms with E-state index in [-0.39, 0.29) is 29.0 Å². The van der Waals surface area contributed by atoms with Crippen LogP contribution in [0.3, 0.4) is 0 Å². The largest absolute Gasteiger partial charge is 0.243 e. The van der Waals surface area contributed by atoms with Crippen molar-refractivity contribution < 1.29 is 17.2 Å². The third-order valence-corrected chi connectivity index (χ3v) is 7.58. The van der Waals surface area contributed by atoms with E-state index in [0.29, 0.717) is 11.4 Å². The van der Waals surface area contributed by atoms with E-state index in [2.05, 4.69) is 0 Å². The number of hydrogen-bond acceptors (Lipinski definition) is 3. The molecule has 2 aromatic rings. The first-order valence-electron chi connectivity index (χ1n) is 9.39. The molecule has 154 valence electrons. The number of sulfonamides is 1. The van der Waals surface area contributed by atoms with Crippen LogP contribution in [-0.4, -0.2) is 18.8 Å². The maximum Gasteiger partial charge on any atom is 0.243 e. The molecule has 2 aromatic carbocycles. The van der Waals surface area contributed by atoms with E-state index < -0.39 is 27.2 Å². The van der Waals surface area contributed by atoms with Gasteiger partial charge in [-0.2, -0.15) is 9.57 Å². The standard InChI is InChI=1S/C21H21ClF2N2O2S/c1-14-4-2-3-5-21(14)26(29(27,28)18-8-6-17(22)7-9-18)13-16-11-19(23)15(12-25)10-20(16)24/h6-11,14,21H,2-5,13H2,1H3/t14-,21-/m1/s1. The summed E-state index contributed by atoms with van der Waals surface area (Å²) in [4.78, 5) is 0.0502. The van der Waals surface area contributed by atoms with E-state index in [4.69, 9.17) is 16.9 Å². The van der Waals surface area contributed by atoms with Crippen LogP contribution in [0.15, 0.2) is 41.3 Å². The Labute approximate surface area is 174 Å². The molecular formula is C21H21ClF2N2O2S. The van der Waals surface area contributed by atoms with Gasteiger partial charge in [-0.25, -0.2) is 17.2 Å². The minimum absolute atomic E-state index is 0.0502. The number of rotatable bonds is 5. The van der Waals surface area contributed by atoms with Crippen LogP contribution in [0.5, 0.6) is 0 Å². The first kappa shape index (κ1) is 21.7. The van der Waals surface area contributed by atoms with Gasteiger partial charge in [0.15, 0.2) is 0 Å². The Bertz CT molecular complexity index is 1040. The zero-order valence-corrected chi connectivity index (χ0v) is 17.5. The second-order valence-electron chi connectivity index (χ2n) is 7.37. The highest BCUT2D eigenvalue weighted by Crippen LogP contribution is 2.34. The molecule has 0 spiro atoms. The fourth-order valence-corrected chi connectivity index (χ4v) is 5.67. The van der Waals surface area contributed by atoms with Gasteiger partial charge in [-0.1, -0.05) is 31.4 Å². The van der Waals surface area contributed by atoms with Crippen LogP contribution >= 0.6 is 11.6 Å². The SMILES string of the molecule is C[C@@H]1CCCC[C@H]1N(Cc1cc(F)c(C#N)cc1F)S(=O)(=O)c1ccc(Cl)cc1. The molecule has 29 heavy (non-hydrogen) atoms. The van der Waals surface area contributed by atoms with Crippen molar-refractivity contribution in [3.05, 3.63) is 64.2 Å². The summed E-state index contributed by atoms with van der Waals surface area (Å²) in [6.45, 7) is 1.67. The molecule has 1 aliphatic rings. The van der Waals surface area contributed by atoms with Crippen LogP contribution in [0.25, 0.3) is 0 Å². The molecule has 0 amide bonds. The van der Waals surface area contributed by atoms with Crippen molar-refractivity contribution in [1.29, 1.82) is 5.26 Å². The maximum atomic E-state index is 14.5. The predicted molar refractivity (Wildman–Crippen MR) is 107 cm³/mol. The third-order valence-electron chi connectivity index (χ3n) is 5.44. The normalized spacial score (nSPS) is 19.9. The highest BCUT2D eigenvalue weighted by molar-refractivity contribution is 7.89. The van der Waals surface area contributed by atoms with Crippen molar-refractivity contribution in [3.8, 4) is 6.07 Å². The molecule has 0 N–H and O–H groups in total. The molecule has 1 fully saturated rings. The summed E-state index contributed by atoms with van der Waals surface area (Å²) in [5.74, 6) is -1.59. The Morgan fingerprint density at radius 3 is 2.41 bits per heavy atom. The number of nitriles is 1. The first-order chi connectivity index (χ1) is 13.7. The Hall–Kier alpha value is -2.01. The zero-order valence-electron chi connectivity index (χ0n) is 15.9. The number of hydrogen-bond donors (Lipinski definition) is 0. The molecule has 2 atom stereocenters. The Balaban J connectivity index is 2.06. The monoisotopic (exact) mass is 438 g/mol. The van der Waals surface area contributed by atoms with Gasteiger partial charge < -0.3 is 0 Å². The van der Waals surface area contributed by atoms with E-state index in [1.165, 1.54) is 28.6 Å². The predicted octanol–water partition coefficient (Wildman–Crippen LogP) is 5.26. The van der Waals surface area contributed by atoms with E-state index in [0.717, 1.165) is 31.4 Å². The molecule has 4 nitrogen and oxygen atoms in total. The lowest BCUT2D eigenvalue weighted by atomic mass is 9.86. The number of halogens is 3. The zero-order chi connectivity index (χ0) is 21.2. The Kier molecular flexibility index (Phi) is 6.57. The smallest absolute Gasteiger partial charge is 0.207 e. The van der Waals surface area contributed by atoms with Crippen LogP contribution in [-0.2, 0) is 16.6 Å². The molecule has 1 aliphatic carbocycles. The second-order valence-corrected chi connectivity index (χ2v) is 9.70. The van der Waals surface area contributed by atoms with Crippen LogP contribution in [0, 0.1) is 28.9 Å². The maximum absolute atomic E-state index is 14.5. The Morgan fingerprint density at radius 1 is 1.14 bits per heavy atom. The van der Waals surface area contributed by atoms with E-state index in [1.54, 1.807) is 6.07 Å². The molecule has 0 bridgehead atoms. The molecule has 0 aromatic heterocycles. The number of nitrogens with zero attached hydrogens (tertiary/aromatic N) is 2. The van der Waals surface area contributed by atoms with E-state index >= 15 is 0 Å². The number of benzene rings is 2. The Morgan fingerprint density at radius 2 is 1.79 bits per heavy atom. The van der Waals surface area contributed by atoms with Crippen LogP contribution < -0.4 is 0 Å². The molecular weight excluding hydrogens is 418 g/mol. The molecule has 0 radical (unpaired) electrons. The fraction of sp³-hybridized carbons (Fsp3) is 0.381. The topological polar surface area (TPSA) is 61.2 Å². The molecule has 8 heteroatoms. The quantitative estimate of drug-likeness (QED) is 0.639. The van der Waals surface area contributed by atoms with Crippen LogP contribution in [0.2, 0.25) is 5.02 Å². The van der Waals surface area contributed by atoms with Gasteiger partial charge in [0.25, 0.3) is 0 Å². The van der Waals surface area contributed by atoms with Crippen LogP contribution in [0.4, 0.5) is 8.78 Å². The summed E-state index contributed by atoms with van der Waals surface area (Å²) in [5, 5.41) is 9.29. The van der Waals surface area contributed by atoms with Gasteiger partial charge in [0, 0.05) is 23.2 Å². The minimum Gasteiger partial charge on any atom is -0.207 e. The van der Waals surface area contributed by atoms with E-state index in [9.17, 15) is 17.2 Å². The lowest BCUT2D eigenvalue weighted by Crippen LogP contribution is -2.44. The summed E-state index contributed by atoms with van der Waals surface area (Å²) in [7, 11) is -3.97. The van der Waals surface area contributed by atoms with Gasteiger partial charge in [-0.05, 0) is 55.2 Å². The highest BCUT2D eigenvalue weighted by Gasteiger charge is 2.36. The summed E-state index contributed by atoms with van der Waals surface area (Å²) in [6, 6.07) is 8.77. The molecule has 0 heterocycles. The van der Waals surface area contributed by atoms with Crippen LogP contribution in [0.1, 0.15) is 43.7 Å². The van der Waals surface area contributed by atoms with Crippen molar-refractivity contribution in [2.75, 3.05) is 0 Å². The van der Waals surface area contributed by atoms with Crippen molar-refractivity contribution in [2.45, 2.75) is 50.1 Å². The summed E-state index contributed by atoms with van der Waals surface area (Å²) in [6.07, 6.45) is 3.38. The molecule has 0 aliphatic heterocycles. The molecule has 1 saturated carbocycles. The third kappa shape index (κ3) is 4.61. The van der Waals surface area contributed by atoms with Gasteiger partial charge in [0.2, 0.25) is 10.0 Å². The average molecular weight is 439 g/mol. The van der Waals surface area contributed by atoms with Gasteiger partial charge in [-0.15, -0.1) is 0 Å². The van der Waals surface area contributed by atoms with Gasteiger partial charge >= 0.3 is 0 Å². The lowest BCUT2D eigenvalue weighted by molar-refractivity contribution is 0.184. The second kappa shape index (κ2) is 8.78.